The first-order valence-electron chi connectivity index (χ1n) is 7.88. The number of hydrogen-bond donors (Lipinski definition) is 3. The molecule has 4 atom stereocenters. The highest BCUT2D eigenvalue weighted by atomic mass is 16.3. The highest BCUT2D eigenvalue weighted by Crippen LogP contribution is 2.48. The number of amides is 2. The summed E-state index contributed by atoms with van der Waals surface area (Å²) in [6, 6.07) is 8.17. The fraction of sp³-hybridized carbons (Fsp3) is 0.588. The summed E-state index contributed by atoms with van der Waals surface area (Å²) in [6.45, 7) is 2.77. The van der Waals surface area contributed by atoms with E-state index in [1.807, 2.05) is 25.1 Å². The number of aliphatic hydroxyl groups excluding tert-OH is 1. The summed E-state index contributed by atoms with van der Waals surface area (Å²) < 4.78 is 0. The molecule has 0 heterocycles. The molecule has 0 saturated heterocycles. The van der Waals surface area contributed by atoms with E-state index in [2.05, 4.69) is 16.7 Å². The first kappa shape index (κ1) is 14.4. The van der Waals surface area contributed by atoms with Crippen molar-refractivity contribution in [1.82, 2.24) is 10.6 Å². The van der Waals surface area contributed by atoms with Gasteiger partial charge in [0.05, 0.1) is 0 Å². The quantitative estimate of drug-likeness (QED) is 0.795. The lowest BCUT2D eigenvalue weighted by Crippen LogP contribution is -2.48. The van der Waals surface area contributed by atoms with Crippen molar-refractivity contribution in [3.8, 4) is 0 Å². The zero-order valence-electron chi connectivity index (χ0n) is 12.5. The van der Waals surface area contributed by atoms with Crippen LogP contribution in [0.1, 0.15) is 30.4 Å². The van der Waals surface area contributed by atoms with Crippen LogP contribution in [0.2, 0.25) is 0 Å². The Labute approximate surface area is 125 Å². The molecule has 3 rings (SSSR count). The second-order valence-electron chi connectivity index (χ2n) is 6.52. The van der Waals surface area contributed by atoms with Crippen molar-refractivity contribution in [2.45, 2.75) is 38.8 Å². The van der Waals surface area contributed by atoms with Crippen LogP contribution < -0.4 is 10.6 Å². The lowest BCUT2D eigenvalue weighted by molar-refractivity contribution is 0.144. The van der Waals surface area contributed by atoms with E-state index in [-0.39, 0.29) is 24.6 Å². The standard InChI is InChI=1S/C17H24N2O2/c1-11-3-2-4-12(7-11)9-18-17(21)19-16-14-6-5-13(8-14)15(16)10-20/h2-4,7,13-16,20H,5-6,8-10H2,1H3,(H2,18,19,21). The average Bonchev–Trinajstić information content (AvgIpc) is 3.06. The largest absolute Gasteiger partial charge is 0.396 e. The maximum atomic E-state index is 12.1. The van der Waals surface area contributed by atoms with Gasteiger partial charge >= 0.3 is 6.03 Å². The van der Waals surface area contributed by atoms with Crippen LogP contribution in [-0.4, -0.2) is 23.8 Å². The summed E-state index contributed by atoms with van der Waals surface area (Å²) in [5.41, 5.74) is 2.31. The minimum Gasteiger partial charge on any atom is -0.396 e. The van der Waals surface area contributed by atoms with Gasteiger partial charge in [-0.2, -0.15) is 0 Å². The zero-order chi connectivity index (χ0) is 14.8. The van der Waals surface area contributed by atoms with Crippen molar-refractivity contribution in [2.75, 3.05) is 6.61 Å². The van der Waals surface area contributed by atoms with Crippen LogP contribution in [-0.2, 0) is 6.54 Å². The second kappa shape index (κ2) is 6.06. The Morgan fingerprint density at radius 1 is 1.33 bits per heavy atom. The minimum atomic E-state index is -0.118. The molecule has 114 valence electrons. The fourth-order valence-corrected chi connectivity index (χ4v) is 4.10. The Kier molecular flexibility index (Phi) is 4.15. The van der Waals surface area contributed by atoms with E-state index < -0.39 is 0 Å². The third-order valence-electron chi connectivity index (χ3n) is 5.13. The maximum Gasteiger partial charge on any atom is 0.315 e. The molecule has 4 nitrogen and oxygen atoms in total. The molecule has 2 bridgehead atoms. The maximum absolute atomic E-state index is 12.1. The number of fused-ring (bicyclic) bond motifs is 2. The molecular formula is C17H24N2O2. The van der Waals surface area contributed by atoms with Gasteiger partial charge in [0.25, 0.3) is 0 Å². The topological polar surface area (TPSA) is 61.4 Å². The Hall–Kier alpha value is -1.55. The van der Waals surface area contributed by atoms with Gasteiger partial charge in [-0.3, -0.25) is 0 Å². The van der Waals surface area contributed by atoms with Crippen molar-refractivity contribution >= 4 is 6.03 Å². The van der Waals surface area contributed by atoms with Gasteiger partial charge in [-0.15, -0.1) is 0 Å². The molecule has 21 heavy (non-hydrogen) atoms. The molecule has 2 aliphatic rings. The molecule has 1 aromatic rings. The number of hydrogen-bond acceptors (Lipinski definition) is 2. The molecule has 4 unspecified atom stereocenters. The van der Waals surface area contributed by atoms with Crippen molar-refractivity contribution in [3.63, 3.8) is 0 Å². The number of carbonyl (C=O) groups is 1. The number of benzene rings is 1. The molecule has 0 aromatic heterocycles. The first-order valence-corrected chi connectivity index (χ1v) is 7.88. The van der Waals surface area contributed by atoms with Crippen molar-refractivity contribution in [3.05, 3.63) is 35.4 Å². The van der Waals surface area contributed by atoms with E-state index >= 15 is 0 Å². The van der Waals surface area contributed by atoms with Gasteiger partial charge in [0.1, 0.15) is 0 Å². The van der Waals surface area contributed by atoms with Gasteiger partial charge in [0.15, 0.2) is 0 Å². The SMILES string of the molecule is Cc1cccc(CNC(=O)NC2C3CCC(C3)C2CO)c1. The van der Waals surface area contributed by atoms with E-state index in [0.717, 1.165) is 12.0 Å². The molecule has 2 fully saturated rings. The number of nitrogens with one attached hydrogen (secondary N) is 2. The molecule has 2 aliphatic carbocycles. The molecule has 2 amide bonds. The van der Waals surface area contributed by atoms with Crippen LogP contribution in [0.25, 0.3) is 0 Å². The summed E-state index contributed by atoms with van der Waals surface area (Å²) in [5, 5.41) is 15.5. The smallest absolute Gasteiger partial charge is 0.315 e. The second-order valence-corrected chi connectivity index (χ2v) is 6.52. The first-order chi connectivity index (χ1) is 10.2. The zero-order valence-corrected chi connectivity index (χ0v) is 12.5. The van der Waals surface area contributed by atoms with Gasteiger partial charge in [0, 0.05) is 25.1 Å². The summed E-state index contributed by atoms with van der Waals surface area (Å²) in [6.07, 6.45) is 3.55. The van der Waals surface area contributed by atoms with Gasteiger partial charge in [-0.25, -0.2) is 4.79 Å². The molecule has 0 aliphatic heterocycles. The predicted octanol–water partition coefficient (Wildman–Crippen LogP) is 2.20. The lowest BCUT2D eigenvalue weighted by atomic mass is 9.85. The minimum absolute atomic E-state index is 0.118. The number of rotatable bonds is 4. The molecule has 4 heteroatoms. The summed E-state index contributed by atoms with van der Waals surface area (Å²) in [5.74, 6) is 1.40. The van der Waals surface area contributed by atoms with E-state index in [4.69, 9.17) is 0 Å². The van der Waals surface area contributed by atoms with Crippen LogP contribution in [0.4, 0.5) is 4.79 Å². The number of aryl methyl sites for hydroxylation is 1. The number of carbonyl (C=O) groups excluding carboxylic acids is 1. The van der Waals surface area contributed by atoms with E-state index in [9.17, 15) is 9.90 Å². The predicted molar refractivity (Wildman–Crippen MR) is 81.7 cm³/mol. The normalized spacial score (nSPS) is 30.4. The summed E-state index contributed by atoms with van der Waals surface area (Å²) in [4.78, 5) is 12.1. The third kappa shape index (κ3) is 3.05. The Balaban J connectivity index is 1.52. The van der Waals surface area contributed by atoms with Gasteiger partial charge in [-0.1, -0.05) is 29.8 Å². The summed E-state index contributed by atoms with van der Waals surface area (Å²) >= 11 is 0. The third-order valence-corrected chi connectivity index (χ3v) is 5.13. The Morgan fingerprint density at radius 3 is 2.90 bits per heavy atom. The number of aliphatic hydroxyl groups is 1. The molecule has 0 radical (unpaired) electrons. The molecule has 0 spiro atoms. The van der Waals surface area contributed by atoms with Crippen molar-refractivity contribution in [1.29, 1.82) is 0 Å². The highest BCUT2D eigenvalue weighted by Gasteiger charge is 2.47. The lowest BCUT2D eigenvalue weighted by Gasteiger charge is -2.30. The van der Waals surface area contributed by atoms with E-state index in [1.165, 1.54) is 18.4 Å². The summed E-state index contributed by atoms with van der Waals surface area (Å²) in [7, 11) is 0. The van der Waals surface area contributed by atoms with E-state index in [0.29, 0.717) is 18.4 Å². The Morgan fingerprint density at radius 2 is 2.14 bits per heavy atom. The molecule has 1 aromatic carbocycles. The molecule has 2 saturated carbocycles. The van der Waals surface area contributed by atoms with Gasteiger partial charge in [0.2, 0.25) is 0 Å². The van der Waals surface area contributed by atoms with Crippen LogP contribution in [0.3, 0.4) is 0 Å². The van der Waals surface area contributed by atoms with Gasteiger partial charge in [-0.05, 0) is 43.6 Å². The average molecular weight is 288 g/mol. The monoisotopic (exact) mass is 288 g/mol. The van der Waals surface area contributed by atoms with Crippen molar-refractivity contribution < 1.29 is 9.90 Å². The molecule has 3 N–H and O–H groups in total. The van der Waals surface area contributed by atoms with Gasteiger partial charge < -0.3 is 15.7 Å². The van der Waals surface area contributed by atoms with Crippen LogP contribution in [0.15, 0.2) is 24.3 Å². The van der Waals surface area contributed by atoms with Crippen LogP contribution in [0.5, 0.6) is 0 Å². The highest BCUT2D eigenvalue weighted by molar-refractivity contribution is 5.74. The number of urea groups is 1. The Bertz CT molecular complexity index is 517. The van der Waals surface area contributed by atoms with Crippen molar-refractivity contribution in [2.24, 2.45) is 17.8 Å². The van der Waals surface area contributed by atoms with E-state index in [1.54, 1.807) is 0 Å². The molecular weight excluding hydrogens is 264 g/mol. The fourth-order valence-electron chi connectivity index (χ4n) is 4.10. The van der Waals surface area contributed by atoms with Crippen LogP contribution >= 0.6 is 0 Å². The van der Waals surface area contributed by atoms with Crippen LogP contribution in [0, 0.1) is 24.7 Å².